The molecule has 1 saturated heterocycles. The number of anilines is 2. The maximum absolute atomic E-state index is 12.9. The number of aromatic amines is 1. The first-order valence-corrected chi connectivity index (χ1v) is 10.4. The molecule has 0 spiro atoms. The van der Waals surface area contributed by atoms with Crippen LogP contribution in [0.2, 0.25) is 0 Å². The summed E-state index contributed by atoms with van der Waals surface area (Å²) in [6, 6.07) is 9.57. The first-order chi connectivity index (χ1) is 15.2. The SMILES string of the molecule is CC=N/C(=C\C)c1ccnc(Nc2ccc3[nH]c(C(=O)N4CCCOCC4)cc3c2)n1. The maximum Gasteiger partial charge on any atom is 0.270 e. The number of carbonyl (C=O) groups is 1. The van der Waals surface area contributed by atoms with Crippen LogP contribution >= 0.6 is 0 Å². The molecule has 1 aliphatic rings. The molecule has 1 fully saturated rings. The minimum atomic E-state index is 0.00241. The van der Waals surface area contributed by atoms with Crippen LogP contribution in [-0.4, -0.2) is 58.3 Å². The number of amides is 1. The van der Waals surface area contributed by atoms with E-state index in [1.165, 1.54) is 0 Å². The number of rotatable bonds is 5. The number of hydrogen-bond donors (Lipinski definition) is 2. The van der Waals surface area contributed by atoms with Gasteiger partial charge in [-0.25, -0.2) is 9.97 Å². The summed E-state index contributed by atoms with van der Waals surface area (Å²) >= 11 is 0. The Labute approximate surface area is 181 Å². The molecule has 2 N–H and O–H groups in total. The van der Waals surface area contributed by atoms with Crippen molar-refractivity contribution >= 4 is 40.4 Å². The molecular formula is C23H26N6O2. The van der Waals surface area contributed by atoms with E-state index in [4.69, 9.17) is 4.74 Å². The summed E-state index contributed by atoms with van der Waals surface area (Å²) < 4.78 is 5.45. The highest BCUT2D eigenvalue weighted by molar-refractivity contribution is 5.98. The lowest BCUT2D eigenvalue weighted by molar-refractivity contribution is 0.0736. The highest BCUT2D eigenvalue weighted by Gasteiger charge is 2.19. The largest absolute Gasteiger partial charge is 0.380 e. The van der Waals surface area contributed by atoms with E-state index in [1.807, 2.05) is 55.2 Å². The molecule has 3 aromatic rings. The second kappa shape index (κ2) is 9.53. The molecule has 0 bridgehead atoms. The number of benzene rings is 1. The molecule has 31 heavy (non-hydrogen) atoms. The van der Waals surface area contributed by atoms with Gasteiger partial charge in [0.2, 0.25) is 5.95 Å². The van der Waals surface area contributed by atoms with Crippen LogP contribution in [0.3, 0.4) is 0 Å². The Morgan fingerprint density at radius 2 is 2.13 bits per heavy atom. The molecule has 0 unspecified atom stereocenters. The van der Waals surface area contributed by atoms with Crippen molar-refractivity contribution < 1.29 is 9.53 Å². The minimum Gasteiger partial charge on any atom is -0.380 e. The zero-order chi connectivity index (χ0) is 21.6. The van der Waals surface area contributed by atoms with Crippen molar-refractivity contribution in [3.63, 3.8) is 0 Å². The fourth-order valence-electron chi connectivity index (χ4n) is 3.56. The van der Waals surface area contributed by atoms with Gasteiger partial charge in [-0.05, 0) is 50.6 Å². The van der Waals surface area contributed by atoms with Crippen LogP contribution in [0.5, 0.6) is 0 Å². The van der Waals surface area contributed by atoms with Crippen LogP contribution in [0.1, 0.15) is 36.5 Å². The Hall–Kier alpha value is -3.52. The van der Waals surface area contributed by atoms with E-state index in [2.05, 4.69) is 25.3 Å². The number of H-pyrrole nitrogens is 1. The van der Waals surface area contributed by atoms with Crippen molar-refractivity contribution in [3.8, 4) is 0 Å². The van der Waals surface area contributed by atoms with E-state index in [0.717, 1.165) is 34.4 Å². The summed E-state index contributed by atoms with van der Waals surface area (Å²) in [7, 11) is 0. The molecule has 8 heteroatoms. The average molecular weight is 419 g/mol. The normalized spacial score (nSPS) is 15.4. The zero-order valence-corrected chi connectivity index (χ0v) is 17.8. The third-order valence-corrected chi connectivity index (χ3v) is 5.08. The van der Waals surface area contributed by atoms with Gasteiger partial charge in [-0.1, -0.05) is 6.08 Å². The van der Waals surface area contributed by atoms with E-state index in [0.29, 0.717) is 37.9 Å². The number of hydrogen-bond acceptors (Lipinski definition) is 6. The Morgan fingerprint density at radius 3 is 2.97 bits per heavy atom. The van der Waals surface area contributed by atoms with Gasteiger partial charge in [0.25, 0.3) is 5.91 Å². The maximum atomic E-state index is 12.9. The summed E-state index contributed by atoms with van der Waals surface area (Å²) in [6.07, 6.45) is 6.21. The molecular weight excluding hydrogens is 392 g/mol. The first kappa shape index (κ1) is 20.7. The zero-order valence-electron chi connectivity index (χ0n) is 17.8. The van der Waals surface area contributed by atoms with Crippen molar-refractivity contribution in [3.05, 3.63) is 54.0 Å². The first-order valence-electron chi connectivity index (χ1n) is 10.4. The third-order valence-electron chi connectivity index (χ3n) is 5.08. The van der Waals surface area contributed by atoms with E-state index < -0.39 is 0 Å². The number of ether oxygens (including phenoxy) is 1. The number of carbonyl (C=O) groups excluding carboxylic acids is 1. The number of aliphatic imine (C=N–C) groups is 1. The van der Waals surface area contributed by atoms with E-state index in [-0.39, 0.29) is 5.91 Å². The Morgan fingerprint density at radius 1 is 1.23 bits per heavy atom. The summed E-state index contributed by atoms with van der Waals surface area (Å²) in [5, 5.41) is 4.19. The highest BCUT2D eigenvalue weighted by Crippen LogP contribution is 2.23. The molecule has 2 aromatic heterocycles. The molecule has 3 heterocycles. The summed E-state index contributed by atoms with van der Waals surface area (Å²) in [5.74, 6) is 0.488. The number of fused-ring (bicyclic) bond motifs is 1. The van der Waals surface area contributed by atoms with Gasteiger partial charge in [0.05, 0.1) is 18.0 Å². The topological polar surface area (TPSA) is 95.5 Å². The second-order valence-electron chi connectivity index (χ2n) is 7.19. The fraction of sp³-hybridized carbons (Fsp3) is 0.304. The Kier molecular flexibility index (Phi) is 6.37. The quantitative estimate of drug-likeness (QED) is 0.610. The standard InChI is InChI=1S/C23H26N6O2/c1-3-18(24-4-2)20-8-9-25-23(28-20)26-17-6-7-19-16(14-17)15-21(27-19)22(30)29-10-5-12-31-13-11-29/h3-4,6-9,14-15,27H,5,10-13H2,1-2H3,(H,25,26,28)/b18-3-,24-4?. The molecule has 8 nitrogen and oxygen atoms in total. The van der Waals surface area contributed by atoms with E-state index in [9.17, 15) is 4.79 Å². The molecule has 0 aliphatic carbocycles. The molecule has 1 aliphatic heterocycles. The van der Waals surface area contributed by atoms with Crippen molar-refractivity contribution in [2.75, 3.05) is 31.6 Å². The molecule has 0 radical (unpaired) electrons. The van der Waals surface area contributed by atoms with Gasteiger partial charge in [-0.15, -0.1) is 0 Å². The van der Waals surface area contributed by atoms with Gasteiger partial charge in [0.15, 0.2) is 0 Å². The van der Waals surface area contributed by atoms with Crippen LogP contribution in [0, 0.1) is 0 Å². The smallest absolute Gasteiger partial charge is 0.270 e. The fourth-order valence-corrected chi connectivity index (χ4v) is 3.56. The second-order valence-corrected chi connectivity index (χ2v) is 7.19. The van der Waals surface area contributed by atoms with Crippen molar-refractivity contribution in [1.82, 2.24) is 19.9 Å². The predicted octanol–water partition coefficient (Wildman–Crippen LogP) is 4.02. The molecule has 0 atom stereocenters. The van der Waals surface area contributed by atoms with Crippen LogP contribution in [0.25, 0.3) is 16.6 Å². The van der Waals surface area contributed by atoms with Gasteiger partial charge in [0.1, 0.15) is 5.69 Å². The van der Waals surface area contributed by atoms with Crippen LogP contribution in [-0.2, 0) is 4.74 Å². The van der Waals surface area contributed by atoms with Crippen molar-refractivity contribution in [2.24, 2.45) is 4.99 Å². The van der Waals surface area contributed by atoms with E-state index >= 15 is 0 Å². The Balaban J connectivity index is 1.54. The minimum absolute atomic E-state index is 0.00241. The van der Waals surface area contributed by atoms with Crippen molar-refractivity contribution in [1.29, 1.82) is 0 Å². The van der Waals surface area contributed by atoms with E-state index in [1.54, 1.807) is 12.4 Å². The Bertz CT molecular complexity index is 1130. The van der Waals surface area contributed by atoms with Gasteiger partial charge >= 0.3 is 0 Å². The van der Waals surface area contributed by atoms with Gasteiger partial charge in [0, 0.05) is 48.7 Å². The highest BCUT2D eigenvalue weighted by atomic mass is 16.5. The molecule has 160 valence electrons. The van der Waals surface area contributed by atoms with Crippen molar-refractivity contribution in [2.45, 2.75) is 20.3 Å². The molecule has 4 rings (SSSR count). The summed E-state index contributed by atoms with van der Waals surface area (Å²) in [5.41, 5.74) is 3.86. The van der Waals surface area contributed by atoms with Crippen LogP contribution in [0.15, 0.2) is 47.6 Å². The third kappa shape index (κ3) is 4.80. The number of allylic oxidation sites excluding steroid dienone is 1. The van der Waals surface area contributed by atoms with Gasteiger partial charge < -0.3 is 19.9 Å². The van der Waals surface area contributed by atoms with Crippen LogP contribution in [0.4, 0.5) is 11.6 Å². The predicted molar refractivity (Wildman–Crippen MR) is 123 cm³/mol. The lowest BCUT2D eigenvalue weighted by Crippen LogP contribution is -2.33. The molecule has 1 aromatic carbocycles. The number of nitrogens with one attached hydrogen (secondary N) is 2. The summed E-state index contributed by atoms with van der Waals surface area (Å²) in [4.78, 5) is 31.2. The number of nitrogens with zero attached hydrogens (tertiary/aromatic N) is 4. The average Bonchev–Trinajstić information content (AvgIpc) is 3.02. The number of aromatic nitrogens is 3. The lowest BCUT2D eigenvalue weighted by Gasteiger charge is -2.18. The van der Waals surface area contributed by atoms with Crippen LogP contribution < -0.4 is 5.32 Å². The lowest BCUT2D eigenvalue weighted by atomic mass is 10.2. The summed E-state index contributed by atoms with van der Waals surface area (Å²) in [6.45, 7) is 6.41. The van der Waals surface area contributed by atoms with Gasteiger partial charge in [-0.2, -0.15) is 0 Å². The van der Waals surface area contributed by atoms with Gasteiger partial charge in [-0.3, -0.25) is 9.79 Å². The molecule has 1 amide bonds. The molecule has 0 saturated carbocycles. The monoisotopic (exact) mass is 418 g/mol.